The fraction of sp³-hybridized carbons (Fsp3) is 0.429. The van der Waals surface area contributed by atoms with Crippen molar-refractivity contribution in [2.75, 3.05) is 0 Å². The van der Waals surface area contributed by atoms with Crippen LogP contribution in [0.1, 0.15) is 29.4 Å². The van der Waals surface area contributed by atoms with Crippen LogP contribution in [0.2, 0.25) is 0 Å². The molecule has 0 aliphatic heterocycles. The number of aromatic nitrogens is 3. The highest BCUT2D eigenvalue weighted by atomic mass is 16.3. The molecule has 1 aromatic carbocycles. The molecule has 4 nitrogen and oxygen atoms in total. The average molecular weight is 245 g/mol. The average Bonchev–Trinajstić information content (AvgIpc) is 2.80. The molecule has 0 saturated carbocycles. The zero-order chi connectivity index (χ0) is 13.0. The maximum absolute atomic E-state index is 9.25. The van der Waals surface area contributed by atoms with E-state index in [1.165, 1.54) is 11.1 Å². The normalized spacial score (nSPS) is 10.8. The molecule has 1 N–H and O–H groups in total. The second-order valence-electron chi connectivity index (χ2n) is 4.44. The highest BCUT2D eigenvalue weighted by Crippen LogP contribution is 2.11. The summed E-state index contributed by atoms with van der Waals surface area (Å²) in [4.78, 5) is 0. The lowest BCUT2D eigenvalue weighted by atomic mass is 10.1. The smallest absolute Gasteiger partial charge is 0.111 e. The molecule has 2 aromatic rings. The third-order valence-corrected chi connectivity index (χ3v) is 3.14. The van der Waals surface area contributed by atoms with Crippen LogP contribution < -0.4 is 0 Å². The summed E-state index contributed by atoms with van der Waals surface area (Å²) in [5, 5.41) is 17.3. The van der Waals surface area contributed by atoms with Crippen LogP contribution in [0.5, 0.6) is 0 Å². The van der Waals surface area contributed by atoms with Crippen LogP contribution in [0.3, 0.4) is 0 Å². The Morgan fingerprint density at radius 3 is 2.50 bits per heavy atom. The first-order chi connectivity index (χ1) is 8.74. The van der Waals surface area contributed by atoms with Gasteiger partial charge in [-0.05, 0) is 32.3 Å². The van der Waals surface area contributed by atoms with Crippen molar-refractivity contribution in [2.45, 2.75) is 39.8 Å². The van der Waals surface area contributed by atoms with E-state index < -0.39 is 0 Å². The molecule has 0 saturated heterocycles. The number of hydrogen-bond acceptors (Lipinski definition) is 3. The number of aliphatic hydroxyl groups is 1. The van der Waals surface area contributed by atoms with E-state index >= 15 is 0 Å². The fourth-order valence-corrected chi connectivity index (χ4v) is 2.04. The fourth-order valence-electron chi connectivity index (χ4n) is 2.04. The highest BCUT2D eigenvalue weighted by Gasteiger charge is 2.10. The number of aliphatic hydroxyl groups excluding tert-OH is 1. The second-order valence-corrected chi connectivity index (χ2v) is 4.44. The van der Waals surface area contributed by atoms with E-state index in [1.807, 2.05) is 11.6 Å². The van der Waals surface area contributed by atoms with Gasteiger partial charge in [-0.1, -0.05) is 35.0 Å². The monoisotopic (exact) mass is 245 g/mol. The van der Waals surface area contributed by atoms with Gasteiger partial charge in [0, 0.05) is 6.54 Å². The van der Waals surface area contributed by atoms with Crippen molar-refractivity contribution < 1.29 is 5.11 Å². The minimum Gasteiger partial charge on any atom is -0.390 e. The Bertz CT molecular complexity index is 481. The molecule has 1 heterocycles. The van der Waals surface area contributed by atoms with E-state index in [4.69, 9.17) is 0 Å². The molecule has 1 aromatic heterocycles. The van der Waals surface area contributed by atoms with Gasteiger partial charge < -0.3 is 5.11 Å². The standard InChI is InChI=1S/C14H19N3O/c1-3-17-14(13(10-18)15-16-17)9-8-12-6-4-11(2)5-7-12/h4-7,18H,3,8-10H2,1-2H3. The van der Waals surface area contributed by atoms with Crippen molar-refractivity contribution in [3.05, 3.63) is 46.8 Å². The summed E-state index contributed by atoms with van der Waals surface area (Å²) in [7, 11) is 0. The first kappa shape index (κ1) is 12.8. The van der Waals surface area contributed by atoms with Crippen LogP contribution >= 0.6 is 0 Å². The van der Waals surface area contributed by atoms with E-state index in [9.17, 15) is 5.11 Å². The van der Waals surface area contributed by atoms with Crippen molar-refractivity contribution in [2.24, 2.45) is 0 Å². The van der Waals surface area contributed by atoms with Crippen LogP contribution in [-0.2, 0) is 26.0 Å². The molecule has 0 bridgehead atoms. The molecule has 0 radical (unpaired) electrons. The summed E-state index contributed by atoms with van der Waals surface area (Å²) < 4.78 is 1.86. The van der Waals surface area contributed by atoms with Gasteiger partial charge in [0.1, 0.15) is 5.69 Å². The Labute approximate surface area is 107 Å². The van der Waals surface area contributed by atoms with E-state index in [-0.39, 0.29) is 6.61 Å². The Morgan fingerprint density at radius 1 is 1.17 bits per heavy atom. The summed E-state index contributed by atoms with van der Waals surface area (Å²) in [5.41, 5.74) is 4.31. The zero-order valence-electron chi connectivity index (χ0n) is 10.9. The predicted molar refractivity (Wildman–Crippen MR) is 70.2 cm³/mol. The number of nitrogens with zero attached hydrogens (tertiary/aromatic N) is 3. The van der Waals surface area contributed by atoms with Gasteiger partial charge in [-0.25, -0.2) is 4.68 Å². The van der Waals surface area contributed by atoms with Crippen LogP contribution in [-0.4, -0.2) is 20.1 Å². The molecule has 96 valence electrons. The Balaban J connectivity index is 2.09. The molecular weight excluding hydrogens is 226 g/mol. The van der Waals surface area contributed by atoms with Gasteiger partial charge in [0.25, 0.3) is 0 Å². The van der Waals surface area contributed by atoms with Crippen molar-refractivity contribution in [3.8, 4) is 0 Å². The molecule has 4 heteroatoms. The quantitative estimate of drug-likeness (QED) is 0.875. The third kappa shape index (κ3) is 2.76. The summed E-state index contributed by atoms with van der Waals surface area (Å²) in [6.07, 6.45) is 1.81. The lowest BCUT2D eigenvalue weighted by Crippen LogP contribution is -2.06. The lowest BCUT2D eigenvalue weighted by Gasteiger charge is -2.06. The molecule has 18 heavy (non-hydrogen) atoms. The van der Waals surface area contributed by atoms with Crippen molar-refractivity contribution in [1.82, 2.24) is 15.0 Å². The highest BCUT2D eigenvalue weighted by molar-refractivity contribution is 5.22. The minimum absolute atomic E-state index is 0.0385. The van der Waals surface area contributed by atoms with E-state index in [0.29, 0.717) is 5.69 Å². The molecule has 0 atom stereocenters. The topological polar surface area (TPSA) is 50.9 Å². The van der Waals surface area contributed by atoms with Crippen LogP contribution in [0.4, 0.5) is 0 Å². The van der Waals surface area contributed by atoms with Gasteiger partial charge >= 0.3 is 0 Å². The maximum Gasteiger partial charge on any atom is 0.111 e. The third-order valence-electron chi connectivity index (χ3n) is 3.14. The van der Waals surface area contributed by atoms with Gasteiger partial charge in [-0.2, -0.15) is 0 Å². The molecule has 0 aliphatic carbocycles. The minimum atomic E-state index is -0.0385. The van der Waals surface area contributed by atoms with E-state index in [1.54, 1.807) is 0 Å². The summed E-state index contributed by atoms with van der Waals surface area (Å²) in [5.74, 6) is 0. The van der Waals surface area contributed by atoms with Crippen molar-refractivity contribution in [3.63, 3.8) is 0 Å². The van der Waals surface area contributed by atoms with Crippen LogP contribution in [0, 0.1) is 6.92 Å². The number of hydrogen-bond donors (Lipinski definition) is 1. The van der Waals surface area contributed by atoms with Crippen LogP contribution in [0.15, 0.2) is 24.3 Å². The number of benzene rings is 1. The van der Waals surface area contributed by atoms with Gasteiger partial charge in [-0.15, -0.1) is 5.10 Å². The second kappa shape index (κ2) is 5.78. The number of rotatable bonds is 5. The molecule has 0 unspecified atom stereocenters. The summed E-state index contributed by atoms with van der Waals surface area (Å²) in [6, 6.07) is 8.54. The number of aryl methyl sites for hydroxylation is 3. The Kier molecular flexibility index (Phi) is 4.10. The maximum atomic E-state index is 9.25. The molecule has 0 spiro atoms. The Morgan fingerprint density at radius 2 is 1.89 bits per heavy atom. The zero-order valence-corrected chi connectivity index (χ0v) is 10.9. The molecular formula is C14H19N3O. The van der Waals surface area contributed by atoms with Crippen molar-refractivity contribution >= 4 is 0 Å². The largest absolute Gasteiger partial charge is 0.390 e. The molecule has 0 amide bonds. The van der Waals surface area contributed by atoms with Crippen LogP contribution in [0.25, 0.3) is 0 Å². The predicted octanol–water partition coefficient (Wildman–Crippen LogP) is 1.88. The van der Waals surface area contributed by atoms with E-state index in [0.717, 1.165) is 25.1 Å². The van der Waals surface area contributed by atoms with Crippen molar-refractivity contribution in [1.29, 1.82) is 0 Å². The molecule has 0 fully saturated rings. The lowest BCUT2D eigenvalue weighted by molar-refractivity contribution is 0.275. The van der Waals surface area contributed by atoms with Gasteiger partial charge in [0.2, 0.25) is 0 Å². The SMILES string of the molecule is CCn1nnc(CO)c1CCc1ccc(C)cc1. The van der Waals surface area contributed by atoms with Gasteiger partial charge in [-0.3, -0.25) is 0 Å². The summed E-state index contributed by atoms with van der Waals surface area (Å²) in [6.45, 7) is 4.87. The first-order valence-corrected chi connectivity index (χ1v) is 6.32. The van der Waals surface area contributed by atoms with Gasteiger partial charge in [0.15, 0.2) is 0 Å². The first-order valence-electron chi connectivity index (χ1n) is 6.32. The Hall–Kier alpha value is -1.68. The summed E-state index contributed by atoms with van der Waals surface area (Å²) >= 11 is 0. The molecule has 2 rings (SSSR count). The molecule has 0 aliphatic rings. The van der Waals surface area contributed by atoms with Gasteiger partial charge in [0.05, 0.1) is 12.3 Å². The van der Waals surface area contributed by atoms with E-state index in [2.05, 4.69) is 41.5 Å².